The third-order valence-electron chi connectivity index (χ3n) is 5.85. The Kier molecular flexibility index (Phi) is 4.28. The number of hydrogen-bond donors (Lipinski definition) is 1. The summed E-state index contributed by atoms with van der Waals surface area (Å²) < 4.78 is 10.1. The molecule has 8 heteroatoms. The van der Waals surface area contributed by atoms with Gasteiger partial charge in [-0.2, -0.15) is 0 Å². The number of aliphatic carboxylic acids is 1. The summed E-state index contributed by atoms with van der Waals surface area (Å²) in [6, 6.07) is 7.37. The molecule has 1 aromatic carbocycles. The summed E-state index contributed by atoms with van der Waals surface area (Å²) in [4.78, 5) is 15.5. The van der Waals surface area contributed by atoms with Crippen LogP contribution in [-0.4, -0.2) is 43.4 Å². The molecule has 148 valence electrons. The van der Waals surface area contributed by atoms with Crippen LogP contribution in [0.1, 0.15) is 32.1 Å². The van der Waals surface area contributed by atoms with Crippen molar-refractivity contribution < 1.29 is 19.2 Å². The maximum Gasteiger partial charge on any atom is 0.336 e. The summed E-state index contributed by atoms with van der Waals surface area (Å²) in [5, 5.41) is 14.8. The van der Waals surface area contributed by atoms with Crippen LogP contribution < -0.4 is 4.74 Å². The lowest BCUT2D eigenvalue weighted by Crippen LogP contribution is -2.67. The van der Waals surface area contributed by atoms with Crippen LogP contribution in [0.2, 0.25) is 0 Å². The van der Waals surface area contributed by atoms with Crippen molar-refractivity contribution in [2.24, 2.45) is 5.92 Å². The third-order valence-corrected chi connectivity index (χ3v) is 8.17. The van der Waals surface area contributed by atoms with E-state index in [-0.39, 0.29) is 11.3 Å². The van der Waals surface area contributed by atoms with E-state index >= 15 is 0 Å². The molecule has 0 amide bonds. The van der Waals surface area contributed by atoms with Gasteiger partial charge >= 0.3 is 5.97 Å². The van der Waals surface area contributed by atoms with Gasteiger partial charge in [-0.25, -0.2) is 4.79 Å². The van der Waals surface area contributed by atoms with Crippen molar-refractivity contribution in [3.8, 4) is 17.0 Å². The highest BCUT2D eigenvalue weighted by molar-refractivity contribution is 8.01. The monoisotopic (exact) mass is 418 g/mol. The quantitative estimate of drug-likeness (QED) is 0.745. The minimum Gasteiger partial charge on any atom is -0.497 e. The van der Waals surface area contributed by atoms with Gasteiger partial charge in [-0.05, 0) is 45.0 Å². The zero-order chi connectivity index (χ0) is 20.4. The maximum absolute atomic E-state index is 12.9. The zero-order valence-electron chi connectivity index (χ0n) is 16.3. The highest BCUT2D eigenvalue weighted by Crippen LogP contribution is 2.64. The molecule has 0 radical (unpaired) electrons. The van der Waals surface area contributed by atoms with Gasteiger partial charge in [-0.15, -0.1) is 11.8 Å². The van der Waals surface area contributed by atoms with E-state index in [9.17, 15) is 9.90 Å². The van der Waals surface area contributed by atoms with Gasteiger partial charge in [0.15, 0.2) is 5.54 Å². The Morgan fingerprint density at radius 2 is 2.00 bits per heavy atom. The molecular formula is C20H22N2O4S2. The van der Waals surface area contributed by atoms with Crippen molar-refractivity contribution in [1.29, 1.82) is 0 Å². The topological polar surface area (TPSA) is 75.8 Å². The van der Waals surface area contributed by atoms with Gasteiger partial charge in [-0.1, -0.05) is 24.3 Å². The first-order valence-corrected chi connectivity index (χ1v) is 10.3. The fraction of sp³-hybridized carbons (Fsp3) is 0.450. The lowest BCUT2D eigenvalue weighted by Gasteiger charge is -2.51. The first kappa shape index (κ1) is 19.3. The number of ether oxygens (including phenoxy) is 1. The molecule has 2 aliphatic rings. The molecule has 2 saturated heterocycles. The summed E-state index contributed by atoms with van der Waals surface area (Å²) >= 11 is 7.26. The number of hydrogen-bond acceptors (Lipinski definition) is 6. The summed E-state index contributed by atoms with van der Waals surface area (Å²) in [5.74, 6) is 0.422. The summed E-state index contributed by atoms with van der Waals surface area (Å²) in [6.07, 6.45) is 0. The molecule has 2 fully saturated rings. The Labute approximate surface area is 173 Å². The number of thioether (sulfide) groups is 1. The van der Waals surface area contributed by atoms with Gasteiger partial charge in [0.2, 0.25) is 0 Å². The van der Waals surface area contributed by atoms with Crippen LogP contribution in [0.25, 0.3) is 11.3 Å². The number of benzene rings is 1. The lowest BCUT2D eigenvalue weighted by atomic mass is 9.73. The average Bonchev–Trinajstić information content (AvgIpc) is 3.15. The van der Waals surface area contributed by atoms with Crippen LogP contribution in [0, 0.1) is 12.8 Å². The molecule has 1 aromatic heterocycles. The van der Waals surface area contributed by atoms with Crippen LogP contribution in [0.3, 0.4) is 0 Å². The van der Waals surface area contributed by atoms with Crippen molar-refractivity contribution >= 4 is 34.9 Å². The Balaban J connectivity index is 1.97. The average molecular weight is 419 g/mol. The second-order valence-electron chi connectivity index (χ2n) is 7.72. The number of carboxylic acid groups (broad SMARTS) is 1. The molecule has 0 aliphatic carbocycles. The van der Waals surface area contributed by atoms with Crippen molar-refractivity contribution in [2.75, 3.05) is 7.11 Å². The van der Waals surface area contributed by atoms with Crippen LogP contribution in [0.5, 0.6) is 5.75 Å². The van der Waals surface area contributed by atoms with Gasteiger partial charge in [0.1, 0.15) is 17.2 Å². The molecule has 0 saturated carbocycles. The Morgan fingerprint density at radius 3 is 2.57 bits per heavy atom. The first-order chi connectivity index (χ1) is 13.2. The molecule has 0 bridgehead atoms. The van der Waals surface area contributed by atoms with Crippen molar-refractivity contribution in [3.05, 3.63) is 35.6 Å². The van der Waals surface area contributed by atoms with Crippen LogP contribution in [-0.2, 0) is 10.3 Å². The van der Waals surface area contributed by atoms with E-state index in [1.165, 1.54) is 0 Å². The van der Waals surface area contributed by atoms with Crippen LogP contribution in [0.4, 0.5) is 0 Å². The largest absolute Gasteiger partial charge is 0.497 e. The van der Waals surface area contributed by atoms with E-state index in [4.69, 9.17) is 21.5 Å². The zero-order valence-corrected chi connectivity index (χ0v) is 18.0. The molecule has 3 atom stereocenters. The number of carboxylic acids is 1. The van der Waals surface area contributed by atoms with Gasteiger partial charge in [0, 0.05) is 11.5 Å². The minimum atomic E-state index is -1.36. The number of methoxy groups -OCH3 is 1. The summed E-state index contributed by atoms with van der Waals surface area (Å²) in [5.41, 5.74) is 0.515. The molecular weight excluding hydrogens is 396 g/mol. The number of thiocarbonyl (C=S) groups is 1. The molecule has 1 N–H and O–H groups in total. The van der Waals surface area contributed by atoms with Gasteiger partial charge in [0.25, 0.3) is 0 Å². The molecule has 6 nitrogen and oxygen atoms in total. The third kappa shape index (κ3) is 2.24. The first-order valence-electron chi connectivity index (χ1n) is 9.02. The van der Waals surface area contributed by atoms with E-state index in [1.807, 2.05) is 43.0 Å². The van der Waals surface area contributed by atoms with Crippen molar-refractivity contribution in [2.45, 2.75) is 43.4 Å². The highest BCUT2D eigenvalue weighted by Gasteiger charge is 2.72. The normalized spacial score (nSPS) is 28.0. The Morgan fingerprint density at radius 1 is 1.36 bits per heavy atom. The SMILES string of the molecule is COc1ccc(-c2noc(C)c2[C@@]2(C(=O)O)N3C(=S)[C@@H](C)[C@H]3SC2(C)C)cc1. The standard InChI is InChI=1S/C20H22N2O4S2/c1-10-16(27)22-17(10)28-19(3,4)20(22,18(23)24)14-11(2)26-21-15(14)12-6-8-13(25-5)9-7-12/h6-10,17H,1-5H3,(H,23,24)/t10-,17-,20+/m1/s1. The predicted molar refractivity (Wildman–Crippen MR) is 112 cm³/mol. The molecule has 0 spiro atoms. The van der Waals surface area contributed by atoms with Gasteiger partial charge in [0.05, 0.1) is 27.8 Å². The fourth-order valence-corrected chi connectivity index (χ4v) is 6.73. The maximum atomic E-state index is 12.9. The van der Waals surface area contributed by atoms with E-state index < -0.39 is 16.3 Å². The predicted octanol–water partition coefficient (Wildman–Crippen LogP) is 4.07. The van der Waals surface area contributed by atoms with E-state index in [0.717, 1.165) is 5.56 Å². The Hall–Kier alpha value is -2.06. The van der Waals surface area contributed by atoms with Crippen LogP contribution >= 0.6 is 24.0 Å². The lowest BCUT2D eigenvalue weighted by molar-refractivity contribution is -0.152. The number of nitrogens with zero attached hydrogens (tertiary/aromatic N) is 2. The fourth-order valence-electron chi connectivity index (χ4n) is 4.43. The van der Waals surface area contributed by atoms with E-state index in [0.29, 0.717) is 27.8 Å². The number of fused-ring (bicyclic) bond motifs is 1. The van der Waals surface area contributed by atoms with Crippen LogP contribution in [0.15, 0.2) is 28.8 Å². The molecule has 2 aromatic rings. The second kappa shape index (κ2) is 6.22. The van der Waals surface area contributed by atoms with E-state index in [1.54, 1.807) is 25.8 Å². The smallest absolute Gasteiger partial charge is 0.336 e. The molecule has 4 rings (SSSR count). The summed E-state index contributed by atoms with van der Waals surface area (Å²) in [7, 11) is 1.60. The second-order valence-corrected chi connectivity index (χ2v) is 9.88. The molecule has 3 heterocycles. The van der Waals surface area contributed by atoms with Gasteiger partial charge < -0.3 is 19.3 Å². The number of rotatable bonds is 4. The number of aromatic nitrogens is 1. The van der Waals surface area contributed by atoms with Gasteiger partial charge in [-0.3, -0.25) is 0 Å². The number of carbonyl (C=O) groups is 1. The number of aryl methyl sites for hydroxylation is 1. The van der Waals surface area contributed by atoms with E-state index in [2.05, 4.69) is 12.1 Å². The minimum absolute atomic E-state index is 0.0246. The molecule has 28 heavy (non-hydrogen) atoms. The van der Waals surface area contributed by atoms with Crippen molar-refractivity contribution in [3.63, 3.8) is 0 Å². The summed E-state index contributed by atoms with van der Waals surface area (Å²) in [6.45, 7) is 7.74. The van der Waals surface area contributed by atoms with Crippen molar-refractivity contribution in [1.82, 2.24) is 10.1 Å². The molecule has 2 aliphatic heterocycles. The Bertz CT molecular complexity index is 969. The molecule has 0 unspecified atom stereocenters. The highest BCUT2D eigenvalue weighted by atomic mass is 32.2.